The van der Waals surface area contributed by atoms with Crippen molar-refractivity contribution < 1.29 is 9.47 Å². The van der Waals surface area contributed by atoms with Crippen molar-refractivity contribution >= 4 is 0 Å². The predicted molar refractivity (Wildman–Crippen MR) is 67.8 cm³/mol. The van der Waals surface area contributed by atoms with Crippen molar-refractivity contribution in [2.24, 2.45) is 0 Å². The molecule has 3 rings (SSSR count). The van der Waals surface area contributed by atoms with E-state index < -0.39 is 0 Å². The summed E-state index contributed by atoms with van der Waals surface area (Å²) in [6, 6.07) is 12.4. The zero-order chi connectivity index (χ0) is 11.8. The summed E-state index contributed by atoms with van der Waals surface area (Å²) in [5, 5.41) is 0. The third-order valence-corrected chi connectivity index (χ3v) is 3.33. The molecule has 0 N–H and O–H groups in total. The fraction of sp³-hybridized carbons (Fsp3) is 0.200. The first-order valence-electron chi connectivity index (χ1n) is 5.66. The molecule has 86 valence electrons. The minimum Gasteiger partial charge on any atom is -0.497 e. The van der Waals surface area contributed by atoms with Crippen LogP contribution in [0.15, 0.2) is 36.4 Å². The fourth-order valence-corrected chi connectivity index (χ4v) is 2.47. The molecule has 0 aliphatic heterocycles. The molecule has 0 heterocycles. The van der Waals surface area contributed by atoms with Crippen LogP contribution in [0.4, 0.5) is 0 Å². The molecular weight excluding hydrogens is 212 g/mol. The van der Waals surface area contributed by atoms with Crippen LogP contribution in [0.1, 0.15) is 11.1 Å². The van der Waals surface area contributed by atoms with E-state index in [0.29, 0.717) is 0 Å². The highest BCUT2D eigenvalue weighted by molar-refractivity contribution is 5.79. The Kier molecular flexibility index (Phi) is 2.29. The molecule has 0 fully saturated rings. The molecule has 2 aromatic rings. The van der Waals surface area contributed by atoms with E-state index in [2.05, 4.69) is 18.2 Å². The average molecular weight is 226 g/mol. The summed E-state index contributed by atoms with van der Waals surface area (Å²) in [6.07, 6.45) is 0.943. The summed E-state index contributed by atoms with van der Waals surface area (Å²) in [7, 11) is 3.42. The van der Waals surface area contributed by atoms with E-state index in [4.69, 9.17) is 9.47 Å². The summed E-state index contributed by atoms with van der Waals surface area (Å²) in [6.45, 7) is 0. The Morgan fingerprint density at radius 2 is 1.82 bits per heavy atom. The van der Waals surface area contributed by atoms with Gasteiger partial charge in [0.2, 0.25) is 0 Å². The molecular formula is C15H14O2. The second-order valence-electron chi connectivity index (χ2n) is 4.19. The lowest BCUT2D eigenvalue weighted by Crippen LogP contribution is -1.89. The monoisotopic (exact) mass is 226 g/mol. The van der Waals surface area contributed by atoms with Crippen molar-refractivity contribution in [2.45, 2.75) is 6.42 Å². The van der Waals surface area contributed by atoms with Crippen LogP contribution < -0.4 is 9.47 Å². The van der Waals surface area contributed by atoms with Crippen molar-refractivity contribution in [3.05, 3.63) is 47.5 Å². The standard InChI is InChI=1S/C15H14O2/c1-16-11-7-6-10-8-14-12(13(10)9-11)4-3-5-15(14)17-2/h3-7,9H,8H2,1-2H3. The van der Waals surface area contributed by atoms with Gasteiger partial charge in [0.05, 0.1) is 14.2 Å². The van der Waals surface area contributed by atoms with E-state index in [9.17, 15) is 0 Å². The van der Waals surface area contributed by atoms with Crippen LogP contribution in [-0.2, 0) is 6.42 Å². The van der Waals surface area contributed by atoms with E-state index >= 15 is 0 Å². The van der Waals surface area contributed by atoms with E-state index in [0.717, 1.165) is 17.9 Å². The Balaban J connectivity index is 2.19. The van der Waals surface area contributed by atoms with Gasteiger partial charge in [0.25, 0.3) is 0 Å². The first-order chi connectivity index (χ1) is 8.33. The summed E-state index contributed by atoms with van der Waals surface area (Å²) in [5.41, 5.74) is 5.14. The maximum atomic E-state index is 5.41. The van der Waals surface area contributed by atoms with Gasteiger partial charge in [-0.2, -0.15) is 0 Å². The number of hydrogen-bond donors (Lipinski definition) is 0. The molecule has 0 radical (unpaired) electrons. The van der Waals surface area contributed by atoms with Crippen molar-refractivity contribution in [3.8, 4) is 22.6 Å². The quantitative estimate of drug-likeness (QED) is 0.667. The lowest BCUT2D eigenvalue weighted by atomic mass is 10.1. The van der Waals surface area contributed by atoms with Crippen molar-refractivity contribution in [1.82, 2.24) is 0 Å². The largest absolute Gasteiger partial charge is 0.497 e. The molecule has 0 saturated heterocycles. The van der Waals surface area contributed by atoms with Gasteiger partial charge in [-0.25, -0.2) is 0 Å². The van der Waals surface area contributed by atoms with E-state index in [1.807, 2.05) is 18.2 Å². The van der Waals surface area contributed by atoms with Crippen LogP contribution in [0.25, 0.3) is 11.1 Å². The Morgan fingerprint density at radius 3 is 2.59 bits per heavy atom. The van der Waals surface area contributed by atoms with Crippen LogP contribution in [0.5, 0.6) is 11.5 Å². The number of benzene rings is 2. The van der Waals surface area contributed by atoms with E-state index in [1.165, 1.54) is 22.3 Å². The number of hydrogen-bond acceptors (Lipinski definition) is 2. The lowest BCUT2D eigenvalue weighted by molar-refractivity contribution is 0.411. The first-order valence-corrected chi connectivity index (χ1v) is 5.66. The highest BCUT2D eigenvalue weighted by Crippen LogP contribution is 2.42. The van der Waals surface area contributed by atoms with Crippen LogP contribution in [0.2, 0.25) is 0 Å². The Hall–Kier alpha value is -1.96. The number of methoxy groups -OCH3 is 2. The second-order valence-corrected chi connectivity index (χ2v) is 4.19. The number of fused-ring (bicyclic) bond motifs is 3. The summed E-state index contributed by atoms with van der Waals surface area (Å²) in [4.78, 5) is 0. The fourth-order valence-electron chi connectivity index (χ4n) is 2.47. The normalized spacial score (nSPS) is 11.9. The van der Waals surface area contributed by atoms with E-state index in [1.54, 1.807) is 14.2 Å². The first kappa shape index (κ1) is 10.2. The molecule has 0 bridgehead atoms. The van der Waals surface area contributed by atoms with Gasteiger partial charge in [0, 0.05) is 12.0 Å². The summed E-state index contributed by atoms with van der Waals surface area (Å²) >= 11 is 0. The van der Waals surface area contributed by atoms with Gasteiger partial charge in [-0.3, -0.25) is 0 Å². The molecule has 0 saturated carbocycles. The maximum Gasteiger partial charge on any atom is 0.123 e. The van der Waals surface area contributed by atoms with Gasteiger partial charge in [0.1, 0.15) is 11.5 Å². The zero-order valence-corrected chi connectivity index (χ0v) is 9.99. The smallest absolute Gasteiger partial charge is 0.123 e. The zero-order valence-electron chi connectivity index (χ0n) is 9.99. The SMILES string of the molecule is COc1ccc2c(c1)-c1cccc(OC)c1C2. The molecule has 2 heteroatoms. The molecule has 0 spiro atoms. The topological polar surface area (TPSA) is 18.5 Å². The van der Waals surface area contributed by atoms with Crippen molar-refractivity contribution in [1.29, 1.82) is 0 Å². The van der Waals surface area contributed by atoms with Gasteiger partial charge in [-0.05, 0) is 34.9 Å². The van der Waals surface area contributed by atoms with Crippen LogP contribution in [0, 0.1) is 0 Å². The summed E-state index contributed by atoms with van der Waals surface area (Å²) in [5.74, 6) is 1.87. The highest BCUT2D eigenvalue weighted by atomic mass is 16.5. The third-order valence-electron chi connectivity index (χ3n) is 3.33. The predicted octanol–water partition coefficient (Wildman–Crippen LogP) is 3.28. The number of rotatable bonds is 2. The third kappa shape index (κ3) is 1.48. The Morgan fingerprint density at radius 1 is 0.941 bits per heavy atom. The highest BCUT2D eigenvalue weighted by Gasteiger charge is 2.21. The molecule has 17 heavy (non-hydrogen) atoms. The van der Waals surface area contributed by atoms with E-state index in [-0.39, 0.29) is 0 Å². The van der Waals surface area contributed by atoms with Crippen molar-refractivity contribution in [2.75, 3.05) is 14.2 Å². The Bertz CT molecular complexity index is 573. The van der Waals surface area contributed by atoms with Crippen LogP contribution in [0.3, 0.4) is 0 Å². The molecule has 2 aromatic carbocycles. The molecule has 2 nitrogen and oxygen atoms in total. The minimum atomic E-state index is 0.902. The Labute approximate surface area is 101 Å². The van der Waals surface area contributed by atoms with Crippen LogP contribution >= 0.6 is 0 Å². The van der Waals surface area contributed by atoms with Crippen molar-refractivity contribution in [3.63, 3.8) is 0 Å². The minimum absolute atomic E-state index is 0.902. The molecule has 0 unspecified atom stereocenters. The molecule has 0 atom stereocenters. The van der Waals surface area contributed by atoms with Gasteiger partial charge < -0.3 is 9.47 Å². The average Bonchev–Trinajstić information content (AvgIpc) is 2.76. The van der Waals surface area contributed by atoms with Gasteiger partial charge >= 0.3 is 0 Å². The number of ether oxygens (including phenoxy) is 2. The van der Waals surface area contributed by atoms with Gasteiger partial charge in [-0.15, -0.1) is 0 Å². The maximum absolute atomic E-state index is 5.41. The molecule has 1 aliphatic carbocycles. The van der Waals surface area contributed by atoms with Gasteiger partial charge in [0.15, 0.2) is 0 Å². The molecule has 0 amide bonds. The second kappa shape index (κ2) is 3.81. The molecule has 1 aliphatic rings. The molecule has 0 aromatic heterocycles. The van der Waals surface area contributed by atoms with Gasteiger partial charge in [-0.1, -0.05) is 18.2 Å². The van der Waals surface area contributed by atoms with Crippen LogP contribution in [-0.4, -0.2) is 14.2 Å². The lowest BCUT2D eigenvalue weighted by Gasteiger charge is -2.06. The summed E-state index contributed by atoms with van der Waals surface area (Å²) < 4.78 is 10.7.